The van der Waals surface area contributed by atoms with Gasteiger partial charge < -0.3 is 63.6 Å². The topological polar surface area (TPSA) is 332 Å². The first-order valence-electron chi connectivity index (χ1n) is 27.1. The first-order valence-corrected chi connectivity index (χ1v) is 27.1. The van der Waals surface area contributed by atoms with Gasteiger partial charge in [0.1, 0.15) is 17.2 Å². The van der Waals surface area contributed by atoms with E-state index in [-0.39, 0.29) is 149 Å². The van der Waals surface area contributed by atoms with Crippen molar-refractivity contribution in [3.8, 4) is 17.2 Å². The number of para-hydroxylation sites is 3. The highest BCUT2D eigenvalue weighted by Gasteiger charge is 2.25. The monoisotopic (exact) mass is 1100 g/mol. The number of nitrogens with zero attached hydrogens (tertiary/aromatic N) is 4. The summed E-state index contributed by atoms with van der Waals surface area (Å²) in [5.74, 6) is -6.16. The molecule has 4 aliphatic rings. The number of fused-ring (bicyclic) bond motifs is 16. The first kappa shape index (κ1) is 59.5. The van der Waals surface area contributed by atoms with Crippen LogP contribution in [0.3, 0.4) is 0 Å². The molecule has 2 unspecified atom stereocenters. The number of phenols is 3. The molecule has 3 atom stereocenters. The number of aromatic hydroxyl groups is 3. The maximum atomic E-state index is 14.2. The van der Waals surface area contributed by atoms with Crippen molar-refractivity contribution in [3.05, 3.63) is 123 Å². The van der Waals surface area contributed by atoms with Gasteiger partial charge in [-0.15, -0.1) is 0 Å². The fourth-order valence-corrected chi connectivity index (χ4v) is 9.69. The highest BCUT2D eigenvalue weighted by molar-refractivity contribution is 6.06. The predicted octanol–water partition coefficient (Wildman–Crippen LogP) is -0.511. The minimum Gasteiger partial charge on any atom is -0.506 e. The molecule has 8 rings (SSSR count). The van der Waals surface area contributed by atoms with Gasteiger partial charge in [-0.2, -0.15) is 0 Å². The van der Waals surface area contributed by atoms with Crippen molar-refractivity contribution in [2.75, 3.05) is 131 Å². The van der Waals surface area contributed by atoms with Gasteiger partial charge in [0.2, 0.25) is 0 Å². The van der Waals surface area contributed by atoms with Crippen LogP contribution in [0, 0.1) is 0 Å². The molecular weight excluding hydrogens is 1030 g/mol. The van der Waals surface area contributed by atoms with E-state index < -0.39 is 70.5 Å². The minimum absolute atomic E-state index is 0.0410. The molecule has 428 valence electrons. The van der Waals surface area contributed by atoms with Crippen molar-refractivity contribution in [2.24, 2.45) is 5.73 Å². The zero-order valence-corrected chi connectivity index (χ0v) is 44.8. The van der Waals surface area contributed by atoms with Crippen LogP contribution in [-0.2, 0) is 0 Å². The van der Waals surface area contributed by atoms with E-state index in [2.05, 4.69) is 42.5 Å². The number of carbonyl (C=O) groups is 8. The Bertz CT molecular complexity index is 2780. The standard InChI is InChI=1S/C56H73N13O11/c57-16-2-1-9-39-36-69-30-23-64-56(80)45-15-6-14-44(48(45)72)53(77)59-18-25-66(24-17-58-49(73)37-7-3-8-38(35-37)50(74)65-39)31-32-67-26-19-60-51(75)40-10-4-12-42(46(40)70)54(78)62-21-28-68(33-34-69)29-22-63-55(79)43-13-5-11-41(47(43)71)52(76)61-20-27-67/h3-8,10-15,35,39,70-72H,1-2,9,16-34,36,57H2,(H,58,73)(H,59,77)(H,60,75)(H,61,76)(H,62,78)(H,63,79)(H,64,80)(H,65,74)/t39-/m0/s1. The zero-order valence-electron chi connectivity index (χ0n) is 44.8. The third-order valence-electron chi connectivity index (χ3n) is 14.2. The average Bonchev–Trinajstić information content (AvgIpc) is 3.46. The molecule has 0 saturated carbocycles. The molecule has 0 aromatic heterocycles. The number of unbranched alkanes of at least 4 members (excludes halogenated alkanes) is 1. The van der Waals surface area contributed by atoms with Gasteiger partial charge >= 0.3 is 0 Å². The lowest BCUT2D eigenvalue weighted by molar-refractivity contribution is 0.0898. The molecule has 24 nitrogen and oxygen atoms in total. The van der Waals surface area contributed by atoms with Crippen molar-refractivity contribution in [3.63, 3.8) is 0 Å². The number of amides is 8. The Hall–Kier alpha value is -8.16. The van der Waals surface area contributed by atoms with Gasteiger partial charge in [-0.3, -0.25) is 58.0 Å². The molecule has 4 aromatic carbocycles. The fourth-order valence-electron chi connectivity index (χ4n) is 9.69. The summed E-state index contributed by atoms with van der Waals surface area (Å²) in [6.45, 7) is 3.81. The molecule has 0 saturated heterocycles. The second-order valence-corrected chi connectivity index (χ2v) is 19.8. The molecule has 8 amide bonds. The molecule has 4 aliphatic heterocycles. The third-order valence-corrected chi connectivity index (χ3v) is 14.2. The third kappa shape index (κ3) is 16.7. The molecule has 13 N–H and O–H groups in total. The number of benzene rings is 4. The van der Waals surface area contributed by atoms with Crippen LogP contribution in [0.25, 0.3) is 0 Å². The molecule has 0 radical (unpaired) electrons. The van der Waals surface area contributed by atoms with Gasteiger partial charge in [0.15, 0.2) is 0 Å². The molecule has 0 aliphatic carbocycles. The van der Waals surface area contributed by atoms with Crippen LogP contribution in [0.15, 0.2) is 78.9 Å². The van der Waals surface area contributed by atoms with Gasteiger partial charge in [-0.05, 0) is 74.0 Å². The Morgan fingerprint density at radius 1 is 0.375 bits per heavy atom. The van der Waals surface area contributed by atoms with E-state index in [4.69, 9.17) is 5.73 Å². The molecule has 80 heavy (non-hydrogen) atoms. The molecule has 4 heterocycles. The number of rotatable bonds is 4. The van der Waals surface area contributed by atoms with Gasteiger partial charge in [-0.1, -0.05) is 30.7 Å². The highest BCUT2D eigenvalue weighted by Crippen LogP contribution is 2.25. The van der Waals surface area contributed by atoms with E-state index in [1.54, 1.807) is 18.2 Å². The SMILES string of the molecule is NCCCC[C@H]1CN2CCNC(=O)c3cccc(c3O)C(=O)NCCN(CCNC(=O)c3cccc(c3)C(=O)N1)CCN1CCNC(=O)c3cccc(c3O)C(=O)NCCN(CCNC(=O)c3cccc(c3O)C(=O)NCC1)CC2. The van der Waals surface area contributed by atoms with Gasteiger partial charge in [-0.25, -0.2) is 0 Å². The summed E-state index contributed by atoms with van der Waals surface area (Å²) in [6.07, 6.45) is 1.84. The van der Waals surface area contributed by atoms with Crippen molar-refractivity contribution >= 4 is 47.3 Å². The van der Waals surface area contributed by atoms with Crippen LogP contribution in [0.5, 0.6) is 17.2 Å². The van der Waals surface area contributed by atoms with E-state index in [1.807, 2.05) is 19.6 Å². The van der Waals surface area contributed by atoms with E-state index >= 15 is 0 Å². The zero-order chi connectivity index (χ0) is 57.0. The summed E-state index contributed by atoms with van der Waals surface area (Å²) < 4.78 is 0. The number of hydrogen-bond donors (Lipinski definition) is 12. The first-order chi connectivity index (χ1) is 38.7. The number of hydrogen-bond acceptors (Lipinski definition) is 16. The summed E-state index contributed by atoms with van der Waals surface area (Å²) in [4.78, 5) is 118. The van der Waals surface area contributed by atoms with Crippen molar-refractivity contribution < 1.29 is 53.7 Å². The van der Waals surface area contributed by atoms with Crippen LogP contribution in [0.2, 0.25) is 0 Å². The molecule has 4 aromatic rings. The Kier molecular flexibility index (Phi) is 22.1. The smallest absolute Gasteiger partial charge is 0.255 e. The number of phenolic OH excluding ortho intramolecular Hbond substituents is 3. The van der Waals surface area contributed by atoms with Crippen LogP contribution in [-0.4, -0.2) is 219 Å². The summed E-state index contributed by atoms with van der Waals surface area (Å²) >= 11 is 0. The minimum atomic E-state index is -0.637. The summed E-state index contributed by atoms with van der Waals surface area (Å²) in [5, 5.41) is 57.2. The Morgan fingerprint density at radius 3 is 1.00 bits per heavy atom. The van der Waals surface area contributed by atoms with E-state index in [0.29, 0.717) is 45.4 Å². The Labute approximate surface area is 464 Å². The lowest BCUT2D eigenvalue weighted by Crippen LogP contribution is -2.49. The second-order valence-electron chi connectivity index (χ2n) is 19.8. The Morgan fingerprint density at radius 2 is 0.662 bits per heavy atom. The molecule has 24 heteroatoms. The van der Waals surface area contributed by atoms with E-state index in [0.717, 1.165) is 0 Å². The highest BCUT2D eigenvalue weighted by atomic mass is 16.3. The van der Waals surface area contributed by atoms with Crippen LogP contribution in [0.1, 0.15) is 102 Å². The molecular formula is C56H73N13O11. The van der Waals surface area contributed by atoms with Crippen molar-refractivity contribution in [2.45, 2.75) is 25.3 Å². The fraction of sp³-hybridized carbons (Fsp3) is 0.429. The van der Waals surface area contributed by atoms with E-state index in [1.165, 1.54) is 60.7 Å². The van der Waals surface area contributed by atoms with E-state index in [9.17, 15) is 53.7 Å². The summed E-state index contributed by atoms with van der Waals surface area (Å²) in [7, 11) is 0. The van der Waals surface area contributed by atoms with Crippen LogP contribution < -0.4 is 48.3 Å². The van der Waals surface area contributed by atoms with Gasteiger partial charge in [0, 0.05) is 142 Å². The molecule has 0 spiro atoms. The summed E-state index contributed by atoms with van der Waals surface area (Å²) in [5.41, 5.74) is 5.70. The van der Waals surface area contributed by atoms with Gasteiger partial charge in [0.05, 0.1) is 33.4 Å². The lowest BCUT2D eigenvalue weighted by Gasteiger charge is -2.31. The lowest BCUT2D eigenvalue weighted by atomic mass is 10.1. The number of carbonyl (C=O) groups excluding carboxylic acids is 8. The molecule has 0 fully saturated rings. The van der Waals surface area contributed by atoms with Crippen molar-refractivity contribution in [1.82, 2.24) is 62.1 Å². The number of nitrogens with two attached hydrogens (primary N) is 1. The van der Waals surface area contributed by atoms with Crippen LogP contribution in [0.4, 0.5) is 0 Å². The summed E-state index contributed by atoms with van der Waals surface area (Å²) in [6, 6.07) is 18.9. The quantitative estimate of drug-likeness (QED) is 0.115. The maximum Gasteiger partial charge on any atom is 0.255 e. The average molecular weight is 1100 g/mol. The predicted molar refractivity (Wildman–Crippen MR) is 297 cm³/mol. The van der Waals surface area contributed by atoms with Crippen LogP contribution >= 0.6 is 0 Å². The maximum absolute atomic E-state index is 14.2. The second kappa shape index (κ2) is 29.7. The van der Waals surface area contributed by atoms with Crippen molar-refractivity contribution in [1.29, 1.82) is 0 Å². The van der Waals surface area contributed by atoms with Gasteiger partial charge in [0.25, 0.3) is 47.3 Å². The normalized spacial score (nSPS) is 22.3. The largest absolute Gasteiger partial charge is 0.506 e. The molecule has 12 bridgehead atoms. The Balaban J connectivity index is 1.31. The number of nitrogens with one attached hydrogen (secondary N) is 8.